The molecule has 0 amide bonds. The zero-order valence-electron chi connectivity index (χ0n) is 2.41. The largest absolute Gasteiger partial charge is 0.471 e. The third kappa shape index (κ3) is 10.0. The Morgan fingerprint density at radius 2 is 1.25 bits per heavy atom. The van der Waals surface area contributed by atoms with Crippen molar-refractivity contribution in [3.05, 3.63) is 0 Å². The number of hydrogen-bond acceptors (Lipinski definition) is 1. The summed E-state index contributed by atoms with van der Waals surface area (Å²) in [7, 11) is 1.86. The maximum absolute atomic E-state index is 4.53. The van der Waals surface area contributed by atoms with Crippen LogP contribution in [-0.2, 0) is 4.12 Å². The molecule has 4 heteroatoms. The van der Waals surface area contributed by atoms with Crippen LogP contribution in [0.3, 0.4) is 0 Å². The van der Waals surface area contributed by atoms with E-state index in [4.69, 9.17) is 0 Å². The molecule has 1 nitrogen and oxygen atoms in total. The van der Waals surface area contributed by atoms with Gasteiger partial charge >= 0.3 is 29.6 Å². The van der Waals surface area contributed by atoms with Crippen LogP contribution in [0.2, 0.25) is 0 Å². The molecular formula is H7NaOSi2. The summed E-state index contributed by atoms with van der Waals surface area (Å²) in [6.45, 7) is 0. The monoisotopic (exact) mass is 102 g/mol. The van der Waals surface area contributed by atoms with Crippen molar-refractivity contribution in [2.75, 3.05) is 0 Å². The third-order valence-electron chi connectivity index (χ3n) is 0. The molecule has 0 atom stereocenters. The summed E-state index contributed by atoms with van der Waals surface area (Å²) < 4.78 is 4.53. The Bertz CT molecular complexity index is 6.00. The first-order valence-corrected chi connectivity index (χ1v) is 2.45. The van der Waals surface area contributed by atoms with Gasteiger partial charge in [-0.25, -0.2) is 0 Å². The van der Waals surface area contributed by atoms with Crippen LogP contribution in [0.1, 0.15) is 0 Å². The average molecular weight is 102 g/mol. The van der Waals surface area contributed by atoms with Crippen LogP contribution >= 0.6 is 0 Å². The van der Waals surface area contributed by atoms with Crippen molar-refractivity contribution in [3.63, 3.8) is 0 Å². The summed E-state index contributed by atoms with van der Waals surface area (Å²) in [5.74, 6) is 0. The fraction of sp³-hybridized carbons (Fsp3) is 0. The van der Waals surface area contributed by atoms with Crippen LogP contribution < -0.4 is 0 Å². The van der Waals surface area contributed by atoms with Gasteiger partial charge in [-0.15, -0.1) is 0 Å². The van der Waals surface area contributed by atoms with Crippen molar-refractivity contribution in [2.24, 2.45) is 0 Å². The minimum Gasteiger partial charge on any atom is -0.471 e. The number of hydrogen-bond donors (Lipinski definition) is 0. The molecule has 0 fully saturated rings. The molecule has 0 rings (SSSR count). The zero-order chi connectivity index (χ0) is 2.71. The molecule has 0 aliphatic heterocycles. The summed E-state index contributed by atoms with van der Waals surface area (Å²) in [6, 6.07) is 0. The summed E-state index contributed by atoms with van der Waals surface area (Å²) in [5, 5.41) is 0. The molecule has 0 saturated heterocycles. The van der Waals surface area contributed by atoms with Gasteiger partial charge in [0.15, 0.2) is 0 Å². The Labute approximate surface area is 54.5 Å². The first kappa shape index (κ1) is 9.04. The van der Waals surface area contributed by atoms with Gasteiger partial charge in [0.2, 0.25) is 0 Å². The topological polar surface area (TPSA) is 9.23 Å². The van der Waals surface area contributed by atoms with Crippen molar-refractivity contribution in [2.45, 2.75) is 0 Å². The molecule has 0 saturated carbocycles. The summed E-state index contributed by atoms with van der Waals surface area (Å²) in [5.41, 5.74) is 0. The molecule has 0 aromatic carbocycles. The van der Waals surface area contributed by atoms with Crippen LogP contribution in [0.15, 0.2) is 0 Å². The predicted molar refractivity (Wildman–Crippen MR) is 28.1 cm³/mol. The molecule has 0 aromatic heterocycles. The average Bonchev–Trinajstić information content (AvgIpc) is 0.918. The van der Waals surface area contributed by atoms with Gasteiger partial charge in [0.05, 0.1) is 0 Å². The maximum Gasteiger partial charge on any atom is 0.129 e. The molecule has 0 spiro atoms. The molecule has 0 aliphatic rings. The molecule has 0 bridgehead atoms. The van der Waals surface area contributed by atoms with Gasteiger partial charge in [0.1, 0.15) is 21.0 Å². The molecule has 0 aromatic rings. The second kappa shape index (κ2) is 8.83. The van der Waals surface area contributed by atoms with Crippen molar-refractivity contribution < 1.29 is 4.12 Å². The predicted octanol–water partition coefficient (Wildman–Crippen LogP) is -3.08. The normalized spacial score (nSPS) is 6.00. The van der Waals surface area contributed by atoms with E-state index in [-0.39, 0.29) is 29.6 Å². The van der Waals surface area contributed by atoms with Crippen LogP contribution in [0.4, 0.5) is 0 Å². The summed E-state index contributed by atoms with van der Waals surface area (Å²) in [6.07, 6.45) is 0. The third-order valence-corrected chi connectivity index (χ3v) is 0. The van der Waals surface area contributed by atoms with Crippen molar-refractivity contribution >= 4 is 50.5 Å². The smallest absolute Gasteiger partial charge is 0.129 e. The molecule has 22 valence electrons. The van der Waals surface area contributed by atoms with Crippen LogP contribution in [0.25, 0.3) is 0 Å². The van der Waals surface area contributed by atoms with E-state index < -0.39 is 0 Å². The van der Waals surface area contributed by atoms with E-state index >= 15 is 0 Å². The van der Waals surface area contributed by atoms with Gasteiger partial charge in [-0.05, 0) is 0 Å². The van der Waals surface area contributed by atoms with Gasteiger partial charge in [-0.1, -0.05) is 0 Å². The Kier molecular flexibility index (Phi) is 20.0. The second-order valence-electron chi connectivity index (χ2n) is 0.408. The first-order chi connectivity index (χ1) is 1.41. The van der Waals surface area contributed by atoms with Gasteiger partial charge in [-0.2, -0.15) is 0 Å². The van der Waals surface area contributed by atoms with E-state index in [0.29, 0.717) is 0 Å². The Hall–Kier alpha value is 1.39. The van der Waals surface area contributed by atoms with E-state index in [1.807, 2.05) is 0 Å². The van der Waals surface area contributed by atoms with E-state index in [1.165, 1.54) is 0 Å². The molecular weight excluding hydrogens is 95.2 g/mol. The minimum absolute atomic E-state index is 0. The standard InChI is InChI=1S/Na.H6OSi2.H/c;2-1-3;/h;2-3H3;. The molecule has 4 heavy (non-hydrogen) atoms. The molecule has 0 radical (unpaired) electrons. The Morgan fingerprint density at radius 3 is 1.25 bits per heavy atom. The van der Waals surface area contributed by atoms with Gasteiger partial charge in [0, 0.05) is 0 Å². The van der Waals surface area contributed by atoms with Crippen LogP contribution in [-0.4, -0.2) is 50.5 Å². The maximum atomic E-state index is 4.53. The molecule has 0 N–H and O–H groups in total. The SMILES string of the molecule is [NaH].[SiH3]O[SiH3]. The molecule has 0 heterocycles. The minimum atomic E-state index is 0. The fourth-order valence-corrected chi connectivity index (χ4v) is 0. The van der Waals surface area contributed by atoms with Gasteiger partial charge in [0.25, 0.3) is 0 Å². The second-order valence-corrected chi connectivity index (χ2v) is 3.67. The summed E-state index contributed by atoms with van der Waals surface area (Å²) >= 11 is 0. The summed E-state index contributed by atoms with van der Waals surface area (Å²) in [4.78, 5) is 0. The van der Waals surface area contributed by atoms with E-state index in [0.717, 1.165) is 21.0 Å². The zero-order valence-corrected chi connectivity index (χ0v) is 6.41. The van der Waals surface area contributed by atoms with E-state index in [1.54, 1.807) is 0 Å². The van der Waals surface area contributed by atoms with Crippen LogP contribution in [0.5, 0.6) is 0 Å². The molecule has 0 unspecified atom stereocenters. The van der Waals surface area contributed by atoms with Crippen LogP contribution in [0, 0.1) is 0 Å². The fourth-order valence-electron chi connectivity index (χ4n) is 0. The molecule has 0 aliphatic carbocycles. The van der Waals surface area contributed by atoms with Crippen molar-refractivity contribution in [3.8, 4) is 0 Å². The quantitative estimate of drug-likeness (QED) is 0.295. The van der Waals surface area contributed by atoms with Gasteiger partial charge < -0.3 is 4.12 Å². The van der Waals surface area contributed by atoms with Gasteiger partial charge in [-0.3, -0.25) is 0 Å². The first-order valence-electron chi connectivity index (χ1n) is 0.816. The number of rotatable bonds is 0. The van der Waals surface area contributed by atoms with E-state index in [9.17, 15) is 0 Å². The Morgan fingerprint density at radius 1 is 1.25 bits per heavy atom. The Balaban J connectivity index is 0. The van der Waals surface area contributed by atoms with Crippen molar-refractivity contribution in [1.82, 2.24) is 0 Å². The van der Waals surface area contributed by atoms with Crippen molar-refractivity contribution in [1.29, 1.82) is 0 Å². The van der Waals surface area contributed by atoms with E-state index in [2.05, 4.69) is 4.12 Å².